The Balaban J connectivity index is 1.08. The predicted molar refractivity (Wildman–Crippen MR) is 140 cm³/mol. The summed E-state index contributed by atoms with van der Waals surface area (Å²) in [7, 11) is -3.51. The first-order valence-corrected chi connectivity index (χ1v) is 13.8. The van der Waals surface area contributed by atoms with Crippen LogP contribution in [0.15, 0.2) is 83.8 Å². The molecule has 6 nitrogen and oxygen atoms in total. The number of hydrogen-bond acceptors (Lipinski definition) is 6. The predicted octanol–water partition coefficient (Wildman–Crippen LogP) is 4.45. The smallest absolute Gasteiger partial charge is 0.240 e. The van der Waals surface area contributed by atoms with Crippen LogP contribution in [0.3, 0.4) is 0 Å². The molecule has 0 bridgehead atoms. The summed E-state index contributed by atoms with van der Waals surface area (Å²) in [6.45, 7) is 5.10. The average Bonchev–Trinajstić information content (AvgIpc) is 3.32. The van der Waals surface area contributed by atoms with E-state index in [0.29, 0.717) is 11.4 Å². The first-order chi connectivity index (χ1) is 16.6. The Kier molecular flexibility index (Phi) is 6.92. The molecule has 34 heavy (non-hydrogen) atoms. The van der Waals surface area contributed by atoms with Crippen molar-refractivity contribution in [1.29, 1.82) is 0 Å². The van der Waals surface area contributed by atoms with Crippen molar-refractivity contribution in [2.45, 2.75) is 11.3 Å². The second-order valence-electron chi connectivity index (χ2n) is 8.47. The molecule has 1 saturated heterocycles. The van der Waals surface area contributed by atoms with Crippen molar-refractivity contribution in [3.8, 4) is 11.1 Å². The monoisotopic (exact) mass is 492 g/mol. The van der Waals surface area contributed by atoms with Gasteiger partial charge in [-0.3, -0.25) is 4.90 Å². The Bertz CT molecular complexity index is 1330. The normalized spacial score (nSPS) is 15.1. The molecule has 4 aromatic rings. The van der Waals surface area contributed by atoms with Crippen LogP contribution in [0, 0.1) is 0 Å². The number of hydrogen-bond donors (Lipinski definition) is 1. The summed E-state index contributed by atoms with van der Waals surface area (Å²) in [5.74, 6) is 1.09. The summed E-state index contributed by atoms with van der Waals surface area (Å²) in [6, 6.07) is 25.4. The molecule has 1 N–H and O–H groups in total. The fourth-order valence-corrected chi connectivity index (χ4v) is 6.20. The van der Waals surface area contributed by atoms with Crippen LogP contribution >= 0.6 is 11.5 Å². The van der Waals surface area contributed by atoms with Gasteiger partial charge in [0.1, 0.15) is 5.82 Å². The molecule has 1 aliphatic heterocycles. The molecule has 0 aliphatic carbocycles. The van der Waals surface area contributed by atoms with Gasteiger partial charge in [-0.05, 0) is 59.9 Å². The zero-order valence-corrected chi connectivity index (χ0v) is 20.6. The third-order valence-corrected chi connectivity index (χ3v) is 8.54. The molecule has 2 heterocycles. The molecule has 0 saturated carbocycles. The fourth-order valence-electron chi connectivity index (χ4n) is 4.33. The van der Waals surface area contributed by atoms with E-state index < -0.39 is 10.0 Å². The molecule has 1 fully saturated rings. The highest BCUT2D eigenvalue weighted by molar-refractivity contribution is 7.89. The van der Waals surface area contributed by atoms with Crippen molar-refractivity contribution in [3.05, 3.63) is 78.9 Å². The van der Waals surface area contributed by atoms with E-state index in [0.717, 1.165) is 56.1 Å². The number of fused-ring (bicyclic) bond motifs is 1. The van der Waals surface area contributed by atoms with E-state index in [1.807, 2.05) is 42.5 Å². The minimum Gasteiger partial charge on any atom is -0.353 e. The number of aromatic nitrogens is 1. The molecule has 8 heteroatoms. The summed E-state index contributed by atoms with van der Waals surface area (Å²) >= 11 is 1.55. The number of sulfonamides is 1. The molecule has 0 radical (unpaired) electrons. The highest BCUT2D eigenvalue weighted by Crippen LogP contribution is 2.29. The van der Waals surface area contributed by atoms with Gasteiger partial charge in [-0.25, -0.2) is 13.1 Å². The third-order valence-electron chi connectivity index (χ3n) is 6.25. The molecule has 5 rings (SSSR count). The Labute approximate surface area is 205 Å². The van der Waals surface area contributed by atoms with Crippen LogP contribution in [0.2, 0.25) is 0 Å². The fraction of sp³-hybridized carbons (Fsp3) is 0.269. The molecular weight excluding hydrogens is 464 g/mol. The minimum absolute atomic E-state index is 0.302. The van der Waals surface area contributed by atoms with Crippen LogP contribution in [0.5, 0.6) is 0 Å². The molecule has 0 atom stereocenters. The lowest BCUT2D eigenvalue weighted by Gasteiger charge is -2.35. The molecule has 0 unspecified atom stereocenters. The lowest BCUT2D eigenvalue weighted by molar-refractivity contribution is 0.255. The molecule has 3 aromatic carbocycles. The van der Waals surface area contributed by atoms with Gasteiger partial charge in [-0.1, -0.05) is 54.6 Å². The second-order valence-corrected chi connectivity index (χ2v) is 11.0. The number of piperazine rings is 1. The van der Waals surface area contributed by atoms with E-state index in [1.165, 1.54) is 10.1 Å². The Morgan fingerprint density at radius 1 is 0.824 bits per heavy atom. The van der Waals surface area contributed by atoms with Crippen molar-refractivity contribution in [3.63, 3.8) is 0 Å². The largest absolute Gasteiger partial charge is 0.353 e. The van der Waals surface area contributed by atoms with Gasteiger partial charge in [-0.15, -0.1) is 0 Å². The Hall–Kier alpha value is -2.78. The average molecular weight is 493 g/mol. The molecule has 1 aromatic heterocycles. The summed E-state index contributed by atoms with van der Waals surface area (Å²) < 4.78 is 34.0. The van der Waals surface area contributed by atoms with Crippen LogP contribution in [-0.4, -0.2) is 57.0 Å². The van der Waals surface area contributed by atoms with E-state index in [4.69, 9.17) is 0 Å². The van der Waals surface area contributed by atoms with Crippen molar-refractivity contribution >= 4 is 37.5 Å². The quantitative estimate of drug-likeness (QED) is 0.368. The topological polar surface area (TPSA) is 65.5 Å². The van der Waals surface area contributed by atoms with Crippen LogP contribution in [0.1, 0.15) is 6.42 Å². The second kappa shape index (κ2) is 10.2. The summed E-state index contributed by atoms with van der Waals surface area (Å²) in [6.07, 6.45) is 0.779. The van der Waals surface area contributed by atoms with Gasteiger partial charge in [0, 0.05) is 38.1 Å². The molecule has 0 spiro atoms. The minimum atomic E-state index is -3.51. The van der Waals surface area contributed by atoms with Gasteiger partial charge in [-0.2, -0.15) is 4.37 Å². The first kappa shape index (κ1) is 23.0. The lowest BCUT2D eigenvalue weighted by atomic mass is 10.1. The molecule has 0 amide bonds. The van der Waals surface area contributed by atoms with Crippen molar-refractivity contribution in [2.24, 2.45) is 0 Å². The third kappa shape index (κ3) is 5.15. The van der Waals surface area contributed by atoms with Gasteiger partial charge >= 0.3 is 0 Å². The van der Waals surface area contributed by atoms with Gasteiger partial charge < -0.3 is 4.90 Å². The highest BCUT2D eigenvalue weighted by Gasteiger charge is 2.20. The number of benzene rings is 3. The van der Waals surface area contributed by atoms with E-state index >= 15 is 0 Å². The maximum Gasteiger partial charge on any atom is 0.240 e. The maximum atomic E-state index is 12.7. The molecular formula is C26H28N4O2S2. The van der Waals surface area contributed by atoms with Crippen LogP contribution in [0.25, 0.3) is 21.2 Å². The van der Waals surface area contributed by atoms with Crippen LogP contribution in [-0.2, 0) is 10.0 Å². The zero-order chi connectivity index (χ0) is 23.4. The molecule has 1 aliphatic rings. The molecule has 176 valence electrons. The van der Waals surface area contributed by atoms with Crippen molar-refractivity contribution in [2.75, 3.05) is 44.2 Å². The van der Waals surface area contributed by atoms with Crippen molar-refractivity contribution in [1.82, 2.24) is 14.0 Å². The Morgan fingerprint density at radius 3 is 2.26 bits per heavy atom. The van der Waals surface area contributed by atoms with E-state index in [-0.39, 0.29) is 0 Å². The van der Waals surface area contributed by atoms with E-state index in [2.05, 4.69) is 43.2 Å². The van der Waals surface area contributed by atoms with E-state index in [1.54, 1.807) is 23.7 Å². The number of nitrogens with one attached hydrogen (secondary N) is 1. The van der Waals surface area contributed by atoms with Crippen LogP contribution in [0.4, 0.5) is 5.82 Å². The number of anilines is 1. The lowest BCUT2D eigenvalue weighted by Crippen LogP contribution is -2.47. The summed E-state index contributed by atoms with van der Waals surface area (Å²) in [5.41, 5.74) is 2.08. The van der Waals surface area contributed by atoms with Crippen LogP contribution < -0.4 is 9.62 Å². The van der Waals surface area contributed by atoms with Gasteiger partial charge in [0.2, 0.25) is 10.0 Å². The standard InChI is InChI=1S/C26H28N4O2S2/c31-34(32,23-13-11-22(12-14-23)21-7-2-1-3-8-21)27-15-6-16-29-17-19-30(20-18-29)26-24-9-4-5-10-25(24)33-28-26/h1-5,7-14,27H,6,15-20H2. The number of rotatable bonds is 8. The number of nitrogens with zero attached hydrogens (tertiary/aromatic N) is 3. The summed E-state index contributed by atoms with van der Waals surface area (Å²) in [5, 5.41) is 1.23. The zero-order valence-electron chi connectivity index (χ0n) is 18.9. The SMILES string of the molecule is O=S(=O)(NCCCN1CCN(c2nsc3ccccc23)CC1)c1ccc(-c2ccccc2)cc1. The highest BCUT2D eigenvalue weighted by atomic mass is 32.2. The Morgan fingerprint density at radius 2 is 1.50 bits per heavy atom. The first-order valence-electron chi connectivity index (χ1n) is 11.6. The van der Waals surface area contributed by atoms with Gasteiger partial charge in [0.15, 0.2) is 0 Å². The summed E-state index contributed by atoms with van der Waals surface area (Å²) in [4.78, 5) is 5.06. The van der Waals surface area contributed by atoms with Gasteiger partial charge in [0.25, 0.3) is 0 Å². The van der Waals surface area contributed by atoms with Crippen molar-refractivity contribution < 1.29 is 8.42 Å². The maximum absolute atomic E-state index is 12.7. The van der Waals surface area contributed by atoms with E-state index in [9.17, 15) is 8.42 Å². The van der Waals surface area contributed by atoms with Gasteiger partial charge in [0.05, 0.1) is 9.60 Å².